The van der Waals surface area contributed by atoms with Gasteiger partial charge in [0, 0.05) is 30.3 Å². The maximum atomic E-state index is 12.4. The molecule has 0 spiro atoms. The molecule has 1 heterocycles. The Balaban J connectivity index is 1.92. The molecule has 1 aromatic rings. The predicted octanol–water partition coefficient (Wildman–Crippen LogP) is 3.56. The lowest BCUT2D eigenvalue weighted by Crippen LogP contribution is -2.50. The molecule has 3 amide bonds. The number of hydrogen-bond acceptors (Lipinski definition) is 3. The first-order chi connectivity index (χ1) is 12.4. The highest BCUT2D eigenvalue weighted by molar-refractivity contribution is 6.30. The zero-order valence-electron chi connectivity index (χ0n) is 15.0. The first kappa shape index (κ1) is 19.8. The fraction of sp³-hybridized carbons (Fsp3) is 0.421. The van der Waals surface area contributed by atoms with Gasteiger partial charge in [-0.05, 0) is 51.0 Å². The maximum Gasteiger partial charge on any atom is 0.321 e. The van der Waals surface area contributed by atoms with Crippen LogP contribution >= 0.6 is 11.6 Å². The summed E-state index contributed by atoms with van der Waals surface area (Å²) in [5.41, 5.74) is 0.674. The predicted molar refractivity (Wildman–Crippen MR) is 102 cm³/mol. The molecule has 0 aromatic heterocycles. The highest BCUT2D eigenvalue weighted by atomic mass is 35.5. The fourth-order valence-corrected chi connectivity index (χ4v) is 2.86. The number of nitrogens with one attached hydrogen (secondary N) is 2. The third kappa shape index (κ3) is 4.99. The van der Waals surface area contributed by atoms with Crippen LogP contribution < -0.4 is 10.6 Å². The van der Waals surface area contributed by atoms with Gasteiger partial charge in [0.25, 0.3) is 0 Å². The van der Waals surface area contributed by atoms with Crippen molar-refractivity contribution in [2.24, 2.45) is 5.41 Å². The van der Waals surface area contributed by atoms with Gasteiger partial charge in [0.2, 0.25) is 5.91 Å². The third-order valence-corrected chi connectivity index (χ3v) is 4.67. The second-order valence-corrected chi connectivity index (χ2v) is 7.05. The summed E-state index contributed by atoms with van der Waals surface area (Å²) in [5, 5.41) is 15.7. The Morgan fingerprint density at radius 3 is 2.42 bits per heavy atom. The zero-order valence-corrected chi connectivity index (χ0v) is 15.8. The number of allylic oxidation sites excluding steroid dienone is 1. The molecule has 1 saturated heterocycles. The van der Waals surface area contributed by atoms with Crippen molar-refractivity contribution < 1.29 is 9.59 Å². The molecule has 2 rings (SSSR count). The summed E-state index contributed by atoms with van der Waals surface area (Å²) in [4.78, 5) is 26.4. The molecule has 7 heteroatoms. The van der Waals surface area contributed by atoms with Crippen molar-refractivity contribution in [3.63, 3.8) is 0 Å². The fourth-order valence-electron chi connectivity index (χ4n) is 2.73. The molecule has 1 fully saturated rings. The molecule has 0 radical (unpaired) electrons. The number of urea groups is 1. The first-order valence-corrected chi connectivity index (χ1v) is 8.88. The van der Waals surface area contributed by atoms with Gasteiger partial charge in [0.15, 0.2) is 0 Å². The number of piperidine rings is 1. The van der Waals surface area contributed by atoms with Crippen LogP contribution in [0.1, 0.15) is 26.7 Å². The van der Waals surface area contributed by atoms with E-state index in [1.807, 2.05) is 19.9 Å². The standard InChI is InChI=1S/C19H23ClN4O2/c1-14(2)7-10-22-17(25)19(13-21)8-11-24(12-9-19)18(26)23-16-5-3-15(20)4-6-16/h3-7H,8-12H2,1-2H3,(H,22,25)(H,23,26). The molecular formula is C19H23ClN4O2. The van der Waals surface area contributed by atoms with Gasteiger partial charge in [-0.15, -0.1) is 0 Å². The highest BCUT2D eigenvalue weighted by Crippen LogP contribution is 2.31. The molecule has 0 unspecified atom stereocenters. The Labute approximate surface area is 158 Å². The minimum atomic E-state index is -1.08. The van der Waals surface area contributed by atoms with Gasteiger partial charge in [0.1, 0.15) is 5.41 Å². The van der Waals surface area contributed by atoms with Crippen LogP contribution in [-0.4, -0.2) is 36.5 Å². The van der Waals surface area contributed by atoms with Gasteiger partial charge < -0.3 is 15.5 Å². The highest BCUT2D eigenvalue weighted by Gasteiger charge is 2.42. The van der Waals surface area contributed by atoms with Crippen molar-refractivity contribution in [1.29, 1.82) is 5.26 Å². The summed E-state index contributed by atoms with van der Waals surface area (Å²) < 4.78 is 0. The molecule has 1 aromatic carbocycles. The van der Waals surface area contributed by atoms with Crippen LogP contribution in [0.25, 0.3) is 0 Å². The van der Waals surface area contributed by atoms with E-state index in [4.69, 9.17) is 11.6 Å². The number of nitriles is 1. The quantitative estimate of drug-likeness (QED) is 0.790. The summed E-state index contributed by atoms with van der Waals surface area (Å²) in [5.74, 6) is -0.268. The molecule has 0 saturated carbocycles. The second kappa shape index (κ2) is 8.72. The molecule has 1 aliphatic rings. The summed E-state index contributed by atoms with van der Waals surface area (Å²) in [6.07, 6.45) is 2.54. The van der Waals surface area contributed by atoms with E-state index in [1.165, 1.54) is 0 Å². The average molecular weight is 375 g/mol. The van der Waals surface area contributed by atoms with Crippen molar-refractivity contribution in [3.05, 3.63) is 40.9 Å². The minimum absolute atomic E-state index is 0.246. The van der Waals surface area contributed by atoms with Gasteiger partial charge in [0.05, 0.1) is 6.07 Å². The number of likely N-dealkylation sites (tertiary alicyclic amines) is 1. The van der Waals surface area contributed by atoms with Crippen LogP contribution in [0.5, 0.6) is 0 Å². The van der Waals surface area contributed by atoms with Gasteiger partial charge >= 0.3 is 6.03 Å². The largest absolute Gasteiger partial charge is 0.351 e. The smallest absolute Gasteiger partial charge is 0.321 e. The monoisotopic (exact) mass is 374 g/mol. The van der Waals surface area contributed by atoms with Crippen LogP contribution in [0.2, 0.25) is 5.02 Å². The van der Waals surface area contributed by atoms with Crippen LogP contribution in [0.3, 0.4) is 0 Å². The van der Waals surface area contributed by atoms with E-state index < -0.39 is 5.41 Å². The summed E-state index contributed by atoms with van der Waals surface area (Å²) >= 11 is 5.83. The van der Waals surface area contributed by atoms with E-state index in [-0.39, 0.29) is 11.9 Å². The number of halogens is 1. The number of carbonyl (C=O) groups is 2. The van der Waals surface area contributed by atoms with Crippen LogP contribution in [-0.2, 0) is 4.79 Å². The normalized spacial score (nSPS) is 15.5. The molecule has 0 bridgehead atoms. The Morgan fingerprint density at radius 1 is 1.27 bits per heavy atom. The van der Waals surface area contributed by atoms with Crippen LogP contribution in [0.15, 0.2) is 35.9 Å². The number of rotatable bonds is 4. The number of anilines is 1. The number of amides is 3. The lowest BCUT2D eigenvalue weighted by atomic mass is 9.79. The van der Waals surface area contributed by atoms with Crippen molar-refractivity contribution in [2.75, 3.05) is 25.0 Å². The Bertz CT molecular complexity index is 725. The van der Waals surface area contributed by atoms with Gasteiger partial charge in [-0.2, -0.15) is 5.26 Å². The molecule has 26 heavy (non-hydrogen) atoms. The number of benzene rings is 1. The molecule has 0 aliphatic carbocycles. The van der Waals surface area contributed by atoms with Crippen LogP contribution in [0.4, 0.5) is 10.5 Å². The molecular weight excluding hydrogens is 352 g/mol. The maximum absolute atomic E-state index is 12.4. The number of hydrogen-bond donors (Lipinski definition) is 2. The number of carbonyl (C=O) groups excluding carboxylic acids is 2. The van der Waals surface area contributed by atoms with E-state index in [0.717, 1.165) is 5.57 Å². The summed E-state index contributed by atoms with van der Waals surface area (Å²) in [6.45, 7) is 5.01. The molecule has 0 atom stereocenters. The van der Waals surface area contributed by atoms with Gasteiger partial charge in [-0.3, -0.25) is 4.79 Å². The molecule has 138 valence electrons. The topological polar surface area (TPSA) is 85.2 Å². The molecule has 2 N–H and O–H groups in total. The van der Waals surface area contributed by atoms with Crippen molar-refractivity contribution >= 4 is 29.2 Å². The van der Waals surface area contributed by atoms with Crippen molar-refractivity contribution in [1.82, 2.24) is 10.2 Å². The summed E-state index contributed by atoms with van der Waals surface area (Å²) in [7, 11) is 0. The Kier molecular flexibility index (Phi) is 6.64. The van der Waals surface area contributed by atoms with E-state index in [2.05, 4.69) is 16.7 Å². The van der Waals surface area contributed by atoms with E-state index in [0.29, 0.717) is 43.2 Å². The second-order valence-electron chi connectivity index (χ2n) is 6.61. The van der Waals surface area contributed by atoms with Crippen LogP contribution in [0, 0.1) is 16.7 Å². The third-order valence-electron chi connectivity index (χ3n) is 4.42. The SMILES string of the molecule is CC(C)=CCNC(=O)C1(C#N)CCN(C(=O)Nc2ccc(Cl)cc2)CC1. The minimum Gasteiger partial charge on any atom is -0.351 e. The van der Waals surface area contributed by atoms with Crippen molar-refractivity contribution in [2.45, 2.75) is 26.7 Å². The average Bonchev–Trinajstić information content (AvgIpc) is 2.63. The number of nitrogens with zero attached hydrogens (tertiary/aromatic N) is 2. The van der Waals surface area contributed by atoms with E-state index in [9.17, 15) is 14.9 Å². The Morgan fingerprint density at radius 2 is 1.88 bits per heavy atom. The lowest BCUT2D eigenvalue weighted by Gasteiger charge is -2.36. The van der Waals surface area contributed by atoms with E-state index in [1.54, 1.807) is 29.2 Å². The first-order valence-electron chi connectivity index (χ1n) is 8.51. The van der Waals surface area contributed by atoms with Gasteiger partial charge in [-0.25, -0.2) is 4.79 Å². The molecule has 6 nitrogen and oxygen atoms in total. The van der Waals surface area contributed by atoms with Gasteiger partial charge in [-0.1, -0.05) is 23.3 Å². The Hall–Kier alpha value is -2.52. The lowest BCUT2D eigenvalue weighted by molar-refractivity contribution is -0.129. The molecule has 1 aliphatic heterocycles. The summed E-state index contributed by atoms with van der Waals surface area (Å²) in [6, 6.07) is 8.76. The van der Waals surface area contributed by atoms with Crippen molar-refractivity contribution in [3.8, 4) is 6.07 Å². The van der Waals surface area contributed by atoms with E-state index >= 15 is 0 Å². The zero-order chi connectivity index (χ0) is 19.2.